The molecule has 0 spiro atoms. The molecule has 3 aromatic rings. The lowest BCUT2D eigenvalue weighted by molar-refractivity contribution is 0.0734. The molecule has 0 radical (unpaired) electrons. The van der Waals surface area contributed by atoms with E-state index in [1.807, 2.05) is 36.6 Å². The first kappa shape index (κ1) is 14.8. The Morgan fingerprint density at radius 3 is 2.68 bits per heavy atom. The van der Waals surface area contributed by atoms with E-state index in [0.29, 0.717) is 10.9 Å². The zero-order valence-electron chi connectivity index (χ0n) is 11.6. The van der Waals surface area contributed by atoms with E-state index in [2.05, 4.69) is 9.97 Å². The third kappa shape index (κ3) is 3.05. The first-order valence-electron chi connectivity index (χ1n) is 6.45. The van der Waals surface area contributed by atoms with Crippen molar-refractivity contribution in [1.29, 1.82) is 0 Å². The zero-order chi connectivity index (χ0) is 15.5. The van der Waals surface area contributed by atoms with Gasteiger partial charge in [-0.05, 0) is 29.2 Å². The van der Waals surface area contributed by atoms with Gasteiger partial charge in [0.1, 0.15) is 16.5 Å². The smallest absolute Gasteiger partial charge is 0.348 e. The number of fused-ring (bicyclic) bond motifs is 1. The van der Waals surface area contributed by atoms with Gasteiger partial charge >= 0.3 is 5.97 Å². The van der Waals surface area contributed by atoms with Crippen molar-refractivity contribution < 1.29 is 9.53 Å². The SMILES string of the molecule is CSc1ncc(C(=O)Oc2ccc3ccccc3c2)c(Cl)n1. The van der Waals surface area contributed by atoms with Crippen LogP contribution >= 0.6 is 23.4 Å². The Labute approximate surface area is 136 Å². The van der Waals surface area contributed by atoms with Crippen molar-refractivity contribution in [3.8, 4) is 5.75 Å². The molecule has 0 saturated heterocycles. The third-order valence-electron chi connectivity index (χ3n) is 3.05. The minimum absolute atomic E-state index is 0.0881. The number of aromatic nitrogens is 2. The summed E-state index contributed by atoms with van der Waals surface area (Å²) >= 11 is 7.35. The number of rotatable bonds is 3. The summed E-state index contributed by atoms with van der Waals surface area (Å²) in [6.07, 6.45) is 3.21. The predicted octanol–water partition coefficient (Wildman–Crippen LogP) is 4.22. The molecular weight excluding hydrogens is 320 g/mol. The Morgan fingerprint density at radius 1 is 1.18 bits per heavy atom. The number of carbonyl (C=O) groups excluding carboxylic acids is 1. The van der Waals surface area contributed by atoms with Crippen molar-refractivity contribution in [2.45, 2.75) is 5.16 Å². The largest absolute Gasteiger partial charge is 0.423 e. The van der Waals surface area contributed by atoms with Crippen molar-refractivity contribution in [1.82, 2.24) is 9.97 Å². The van der Waals surface area contributed by atoms with Gasteiger partial charge in [0.25, 0.3) is 0 Å². The van der Waals surface area contributed by atoms with Gasteiger partial charge in [0.15, 0.2) is 5.16 Å². The molecule has 0 amide bonds. The quantitative estimate of drug-likeness (QED) is 0.236. The average molecular weight is 331 g/mol. The van der Waals surface area contributed by atoms with Crippen molar-refractivity contribution in [3.05, 3.63) is 59.4 Å². The first-order chi connectivity index (χ1) is 10.7. The fourth-order valence-corrected chi connectivity index (χ4v) is 2.57. The fraction of sp³-hybridized carbons (Fsp3) is 0.0625. The van der Waals surface area contributed by atoms with Crippen LogP contribution in [0.15, 0.2) is 53.8 Å². The van der Waals surface area contributed by atoms with Gasteiger partial charge in [-0.15, -0.1) is 0 Å². The molecule has 1 aromatic heterocycles. The minimum atomic E-state index is -0.576. The monoisotopic (exact) mass is 330 g/mol. The molecule has 0 aliphatic heterocycles. The number of thioether (sulfide) groups is 1. The number of hydrogen-bond acceptors (Lipinski definition) is 5. The molecule has 0 aliphatic carbocycles. The van der Waals surface area contributed by atoms with E-state index < -0.39 is 5.97 Å². The van der Waals surface area contributed by atoms with Gasteiger partial charge in [0, 0.05) is 6.20 Å². The van der Waals surface area contributed by atoms with Crippen molar-refractivity contribution in [2.24, 2.45) is 0 Å². The molecule has 0 N–H and O–H groups in total. The fourth-order valence-electron chi connectivity index (χ4n) is 1.97. The van der Waals surface area contributed by atoms with E-state index in [9.17, 15) is 4.79 Å². The van der Waals surface area contributed by atoms with Gasteiger partial charge < -0.3 is 4.74 Å². The van der Waals surface area contributed by atoms with Crippen LogP contribution in [-0.2, 0) is 0 Å². The zero-order valence-corrected chi connectivity index (χ0v) is 13.2. The highest BCUT2D eigenvalue weighted by molar-refractivity contribution is 7.98. The molecule has 0 atom stereocenters. The second-order valence-electron chi connectivity index (χ2n) is 4.46. The normalized spacial score (nSPS) is 10.6. The Hall–Kier alpha value is -2.11. The molecule has 0 bridgehead atoms. The second-order valence-corrected chi connectivity index (χ2v) is 5.59. The molecule has 0 aliphatic rings. The summed E-state index contributed by atoms with van der Waals surface area (Å²) in [6.45, 7) is 0. The number of nitrogens with zero attached hydrogens (tertiary/aromatic N) is 2. The molecule has 1 heterocycles. The lowest BCUT2D eigenvalue weighted by atomic mass is 10.1. The number of hydrogen-bond donors (Lipinski definition) is 0. The lowest BCUT2D eigenvalue weighted by Gasteiger charge is -2.07. The molecule has 4 nitrogen and oxygen atoms in total. The number of ether oxygens (including phenoxy) is 1. The maximum Gasteiger partial charge on any atom is 0.348 e. The molecule has 0 fully saturated rings. The first-order valence-corrected chi connectivity index (χ1v) is 8.05. The molecule has 22 heavy (non-hydrogen) atoms. The summed E-state index contributed by atoms with van der Waals surface area (Å²) in [4.78, 5) is 20.2. The van der Waals surface area contributed by atoms with Gasteiger partial charge in [0.2, 0.25) is 0 Å². The van der Waals surface area contributed by atoms with E-state index >= 15 is 0 Å². The Bertz CT molecular complexity index is 854. The maximum absolute atomic E-state index is 12.2. The van der Waals surface area contributed by atoms with Crippen LogP contribution in [0.1, 0.15) is 10.4 Å². The van der Waals surface area contributed by atoms with E-state index in [4.69, 9.17) is 16.3 Å². The minimum Gasteiger partial charge on any atom is -0.423 e. The molecule has 0 unspecified atom stereocenters. The van der Waals surface area contributed by atoms with E-state index in [0.717, 1.165) is 10.8 Å². The standard InChI is InChI=1S/C16H11ClN2O2S/c1-22-16-18-9-13(14(17)19-16)15(20)21-12-7-6-10-4-2-3-5-11(10)8-12/h2-9H,1H3. The number of carbonyl (C=O) groups is 1. The summed E-state index contributed by atoms with van der Waals surface area (Å²) in [5.74, 6) is -0.123. The highest BCUT2D eigenvalue weighted by Crippen LogP contribution is 2.23. The summed E-state index contributed by atoms with van der Waals surface area (Å²) in [7, 11) is 0. The molecular formula is C16H11ClN2O2S. The van der Waals surface area contributed by atoms with Crippen LogP contribution in [0.5, 0.6) is 5.75 Å². The summed E-state index contributed by atoms with van der Waals surface area (Å²) < 4.78 is 5.35. The predicted molar refractivity (Wildman–Crippen MR) is 87.7 cm³/mol. The van der Waals surface area contributed by atoms with Crippen LogP contribution in [0.4, 0.5) is 0 Å². The van der Waals surface area contributed by atoms with Crippen LogP contribution in [0.3, 0.4) is 0 Å². The average Bonchev–Trinajstić information content (AvgIpc) is 2.54. The van der Waals surface area contributed by atoms with E-state index in [1.165, 1.54) is 18.0 Å². The summed E-state index contributed by atoms with van der Waals surface area (Å²) in [6, 6.07) is 13.3. The van der Waals surface area contributed by atoms with Crippen LogP contribution < -0.4 is 4.74 Å². The van der Waals surface area contributed by atoms with Gasteiger partial charge in [-0.2, -0.15) is 0 Å². The van der Waals surface area contributed by atoms with Crippen molar-refractivity contribution in [3.63, 3.8) is 0 Å². The van der Waals surface area contributed by atoms with Gasteiger partial charge in [-0.25, -0.2) is 14.8 Å². The van der Waals surface area contributed by atoms with Gasteiger partial charge in [-0.1, -0.05) is 53.7 Å². The van der Waals surface area contributed by atoms with E-state index in [1.54, 1.807) is 12.1 Å². The van der Waals surface area contributed by atoms with Crippen LogP contribution in [0.25, 0.3) is 10.8 Å². The number of esters is 1. The highest BCUT2D eigenvalue weighted by Gasteiger charge is 2.15. The van der Waals surface area contributed by atoms with Crippen LogP contribution in [-0.4, -0.2) is 22.2 Å². The van der Waals surface area contributed by atoms with Gasteiger partial charge in [-0.3, -0.25) is 0 Å². The lowest BCUT2D eigenvalue weighted by Crippen LogP contribution is -2.10. The van der Waals surface area contributed by atoms with Crippen LogP contribution in [0.2, 0.25) is 5.15 Å². The Morgan fingerprint density at radius 2 is 1.95 bits per heavy atom. The van der Waals surface area contributed by atoms with E-state index in [-0.39, 0.29) is 10.7 Å². The maximum atomic E-state index is 12.2. The third-order valence-corrected chi connectivity index (χ3v) is 3.90. The highest BCUT2D eigenvalue weighted by atomic mass is 35.5. The van der Waals surface area contributed by atoms with Crippen molar-refractivity contribution in [2.75, 3.05) is 6.26 Å². The van der Waals surface area contributed by atoms with Gasteiger partial charge in [0.05, 0.1) is 0 Å². The molecule has 2 aromatic carbocycles. The topological polar surface area (TPSA) is 52.1 Å². The Balaban J connectivity index is 1.86. The summed E-state index contributed by atoms with van der Waals surface area (Å²) in [5.41, 5.74) is 0.146. The second kappa shape index (κ2) is 6.34. The Kier molecular flexibility index (Phi) is 4.27. The summed E-state index contributed by atoms with van der Waals surface area (Å²) in [5, 5.41) is 2.67. The molecule has 0 saturated carbocycles. The van der Waals surface area contributed by atoms with Crippen LogP contribution in [0, 0.1) is 0 Å². The number of halogens is 1. The number of benzene rings is 2. The molecule has 3 rings (SSSR count). The van der Waals surface area contributed by atoms with Crippen molar-refractivity contribution >= 4 is 40.1 Å². The molecule has 110 valence electrons. The molecule has 6 heteroatoms.